The van der Waals surface area contributed by atoms with Gasteiger partial charge < -0.3 is 8.85 Å². The fourth-order valence-electron chi connectivity index (χ4n) is 5.82. The van der Waals surface area contributed by atoms with Crippen molar-refractivity contribution in [2.24, 2.45) is 28.6 Å². The summed E-state index contributed by atoms with van der Waals surface area (Å²) in [4.78, 5) is 0. The van der Waals surface area contributed by atoms with E-state index in [9.17, 15) is 0 Å². The summed E-state index contributed by atoms with van der Waals surface area (Å²) in [6.45, 7) is 18.4. The van der Waals surface area contributed by atoms with E-state index in [0.717, 1.165) is 5.76 Å². The SMILES string of the molecule is C[C@@]12C=C[C@@]3(O[Si](C)(C)C)C(C3(Br)Br)[C@]1(C)C=C(O[Si](C)(C)C)C1C2C1(Br)Br. The van der Waals surface area contributed by atoms with Crippen LogP contribution in [0.1, 0.15) is 13.8 Å². The van der Waals surface area contributed by atoms with Gasteiger partial charge in [-0.15, -0.1) is 0 Å². The summed E-state index contributed by atoms with van der Waals surface area (Å²) in [5.41, 5.74) is -0.388. The number of fused-ring (bicyclic) bond motifs is 5. The molecule has 28 heavy (non-hydrogen) atoms. The minimum absolute atomic E-state index is 0.0111. The minimum Gasteiger partial charge on any atom is -0.547 e. The molecule has 2 fully saturated rings. The van der Waals surface area contributed by atoms with Gasteiger partial charge in [-0.2, -0.15) is 0 Å². The van der Waals surface area contributed by atoms with Crippen molar-refractivity contribution in [1.29, 1.82) is 0 Å². The predicted molar refractivity (Wildman–Crippen MR) is 137 cm³/mol. The van der Waals surface area contributed by atoms with Gasteiger partial charge in [-0.1, -0.05) is 89.7 Å². The molecule has 0 N–H and O–H groups in total. The molecule has 3 unspecified atom stereocenters. The molecule has 0 aromatic rings. The molecule has 8 heteroatoms. The third kappa shape index (κ3) is 2.86. The molecule has 0 aromatic carbocycles. The van der Waals surface area contributed by atoms with Gasteiger partial charge in [-0.25, -0.2) is 0 Å². The smallest absolute Gasteiger partial charge is 0.241 e. The average Bonchev–Trinajstić information content (AvgIpc) is 3.18. The highest BCUT2D eigenvalue weighted by molar-refractivity contribution is 9.26. The highest BCUT2D eigenvalue weighted by atomic mass is 79.9. The zero-order valence-corrected chi connectivity index (χ0v) is 26.1. The number of hydrogen-bond donors (Lipinski definition) is 0. The highest BCUT2D eigenvalue weighted by Gasteiger charge is 2.88. The highest BCUT2D eigenvalue weighted by Crippen LogP contribution is 2.86. The quantitative estimate of drug-likeness (QED) is 0.172. The monoisotopic (exact) mass is 674 g/mol. The van der Waals surface area contributed by atoms with Crippen LogP contribution in [0.5, 0.6) is 0 Å². The standard InChI is InChI=1S/C20H30Br4O2Si2/c1-16-9-10-18(26-28(6,7)8)15(20(18,23)24)17(16,2)11-12(25-27(3,4)5)13-14(16)19(13,21)22/h9-11,13-15H,1-8H3/t13?,14?,15?,16-,17-,18+/m0/s1. The van der Waals surface area contributed by atoms with Crippen molar-refractivity contribution in [3.63, 3.8) is 0 Å². The summed E-state index contributed by atoms with van der Waals surface area (Å²) in [6.07, 6.45) is 7.25. The van der Waals surface area contributed by atoms with Gasteiger partial charge in [-0.05, 0) is 45.4 Å². The number of rotatable bonds is 4. The fourth-order valence-corrected chi connectivity index (χ4v) is 12.9. The van der Waals surface area contributed by atoms with E-state index in [0.29, 0.717) is 17.8 Å². The Morgan fingerprint density at radius 3 is 1.93 bits per heavy atom. The van der Waals surface area contributed by atoms with Crippen LogP contribution in [0.2, 0.25) is 39.3 Å². The van der Waals surface area contributed by atoms with Gasteiger partial charge in [0, 0.05) is 28.6 Å². The lowest BCUT2D eigenvalue weighted by atomic mass is 9.55. The molecule has 0 bridgehead atoms. The Morgan fingerprint density at radius 1 is 0.857 bits per heavy atom. The molecule has 0 saturated heterocycles. The van der Waals surface area contributed by atoms with Crippen molar-refractivity contribution in [3.05, 3.63) is 24.0 Å². The Bertz CT molecular complexity index is 797. The fraction of sp³-hybridized carbons (Fsp3) is 0.800. The maximum absolute atomic E-state index is 6.83. The maximum atomic E-state index is 6.83. The molecule has 0 spiro atoms. The molecule has 2 saturated carbocycles. The largest absolute Gasteiger partial charge is 0.547 e. The van der Waals surface area contributed by atoms with Crippen molar-refractivity contribution in [1.82, 2.24) is 0 Å². The molecule has 0 radical (unpaired) electrons. The molecule has 0 heterocycles. The van der Waals surface area contributed by atoms with E-state index in [1.165, 1.54) is 0 Å². The van der Waals surface area contributed by atoms with E-state index in [-0.39, 0.29) is 22.9 Å². The second-order valence-corrected chi connectivity index (χ2v) is 27.5. The van der Waals surface area contributed by atoms with Crippen molar-refractivity contribution in [3.8, 4) is 0 Å². The first-order chi connectivity index (χ1) is 12.3. The Balaban J connectivity index is 1.86. The van der Waals surface area contributed by atoms with Gasteiger partial charge in [0.2, 0.25) is 8.32 Å². The predicted octanol–water partition coefficient (Wildman–Crippen LogP) is 7.76. The van der Waals surface area contributed by atoms with E-state index in [2.05, 4.69) is 135 Å². The number of hydrogen-bond acceptors (Lipinski definition) is 2. The molecule has 0 aromatic heterocycles. The van der Waals surface area contributed by atoms with Gasteiger partial charge >= 0.3 is 0 Å². The zero-order chi connectivity index (χ0) is 21.3. The first-order valence-corrected chi connectivity index (χ1v) is 19.9. The molecule has 0 aliphatic heterocycles. The second kappa shape index (κ2) is 5.93. The Kier molecular flexibility index (Phi) is 4.82. The minimum atomic E-state index is -1.74. The van der Waals surface area contributed by atoms with E-state index in [1.54, 1.807) is 0 Å². The lowest BCUT2D eigenvalue weighted by Crippen LogP contribution is -2.48. The summed E-state index contributed by atoms with van der Waals surface area (Å²) in [5.74, 6) is 2.27. The second-order valence-electron chi connectivity index (χ2n) is 11.4. The summed E-state index contributed by atoms with van der Waals surface area (Å²) in [5, 5.41) is 0. The number of alkyl halides is 4. The van der Waals surface area contributed by atoms with Crippen molar-refractivity contribution in [2.45, 2.75) is 65.2 Å². The van der Waals surface area contributed by atoms with Crippen LogP contribution in [0.15, 0.2) is 24.0 Å². The summed E-state index contributed by atoms with van der Waals surface area (Å²) >= 11 is 16.1. The molecule has 0 amide bonds. The van der Waals surface area contributed by atoms with E-state index >= 15 is 0 Å². The lowest BCUT2D eigenvalue weighted by molar-refractivity contribution is 0.0467. The van der Waals surface area contributed by atoms with Crippen LogP contribution in [0.3, 0.4) is 0 Å². The summed E-state index contributed by atoms with van der Waals surface area (Å²) in [7, 11) is -3.46. The number of allylic oxidation sites excluding steroid dienone is 3. The van der Waals surface area contributed by atoms with Crippen molar-refractivity contribution < 1.29 is 8.85 Å². The first kappa shape index (κ1) is 22.8. The van der Waals surface area contributed by atoms with Gasteiger partial charge in [-0.3, -0.25) is 0 Å². The normalized spacial score (nSPS) is 47.4. The van der Waals surface area contributed by atoms with Gasteiger partial charge in [0.05, 0.1) is 8.99 Å². The molecule has 4 aliphatic rings. The third-order valence-corrected chi connectivity index (χ3v) is 12.9. The average molecular weight is 678 g/mol. The Labute approximate surface area is 205 Å². The van der Waals surface area contributed by atoms with Crippen LogP contribution in [0.4, 0.5) is 0 Å². The van der Waals surface area contributed by atoms with Crippen LogP contribution in [-0.4, -0.2) is 28.7 Å². The maximum Gasteiger partial charge on any atom is 0.241 e. The van der Waals surface area contributed by atoms with E-state index in [1.807, 2.05) is 0 Å². The van der Waals surface area contributed by atoms with Gasteiger partial charge in [0.25, 0.3) is 0 Å². The first-order valence-electron chi connectivity index (χ1n) is 9.91. The van der Waals surface area contributed by atoms with E-state index in [4.69, 9.17) is 8.85 Å². The van der Waals surface area contributed by atoms with Crippen LogP contribution in [-0.2, 0) is 8.85 Å². The van der Waals surface area contributed by atoms with Gasteiger partial charge in [0.1, 0.15) is 8.83 Å². The molecule has 4 aliphatic carbocycles. The van der Waals surface area contributed by atoms with E-state index < -0.39 is 16.6 Å². The van der Waals surface area contributed by atoms with Crippen molar-refractivity contribution >= 4 is 80.4 Å². The van der Waals surface area contributed by atoms with Crippen LogP contribution < -0.4 is 0 Å². The molecular weight excluding hydrogens is 648 g/mol. The zero-order valence-electron chi connectivity index (χ0n) is 17.8. The van der Waals surface area contributed by atoms with Crippen molar-refractivity contribution in [2.75, 3.05) is 0 Å². The Hall–Kier alpha value is 1.59. The van der Waals surface area contributed by atoms with Crippen LogP contribution in [0.25, 0.3) is 0 Å². The van der Waals surface area contributed by atoms with Gasteiger partial charge in [0.15, 0.2) is 8.32 Å². The molecular formula is C20H30Br4O2Si2. The summed E-state index contributed by atoms with van der Waals surface area (Å²) < 4.78 is 13.1. The molecule has 158 valence electrons. The summed E-state index contributed by atoms with van der Waals surface area (Å²) in [6, 6.07) is 0. The Morgan fingerprint density at radius 2 is 1.43 bits per heavy atom. The lowest BCUT2D eigenvalue weighted by Gasteiger charge is -2.50. The molecule has 6 atom stereocenters. The third-order valence-electron chi connectivity index (χ3n) is 7.01. The van der Waals surface area contributed by atoms with Crippen LogP contribution >= 0.6 is 63.7 Å². The topological polar surface area (TPSA) is 18.5 Å². The molecule has 4 rings (SSSR count). The molecule has 2 nitrogen and oxygen atoms in total. The van der Waals surface area contributed by atoms with Crippen LogP contribution in [0, 0.1) is 28.6 Å². The number of halogens is 4.